The van der Waals surface area contributed by atoms with Crippen molar-refractivity contribution >= 4 is 15.9 Å². The van der Waals surface area contributed by atoms with Crippen LogP contribution in [0, 0.1) is 0 Å². The van der Waals surface area contributed by atoms with Crippen LogP contribution in [0.2, 0.25) is 0 Å². The Labute approximate surface area is 137 Å². The molecule has 1 aliphatic heterocycles. The van der Waals surface area contributed by atoms with Crippen molar-refractivity contribution in [1.29, 1.82) is 0 Å². The van der Waals surface area contributed by atoms with Crippen LogP contribution in [0.4, 0.5) is 0 Å². The molecule has 0 saturated carbocycles. The first kappa shape index (κ1) is 17.8. The van der Waals surface area contributed by atoms with Crippen LogP contribution in [0.25, 0.3) is 0 Å². The van der Waals surface area contributed by atoms with Crippen LogP contribution in [0.5, 0.6) is 0 Å². The van der Waals surface area contributed by atoms with Crippen LogP contribution in [0.3, 0.4) is 0 Å². The summed E-state index contributed by atoms with van der Waals surface area (Å²) in [6.45, 7) is 7.02. The normalized spacial score (nSPS) is 17.3. The fraction of sp³-hybridized carbons (Fsp3) is 0.600. The minimum Gasteiger partial charge on any atom is -0.349 e. The molecular weight excluding hydrogens is 316 g/mol. The zero-order valence-electron chi connectivity index (χ0n) is 13.6. The Balaban J connectivity index is 1.72. The Bertz CT molecular complexity index is 611. The van der Waals surface area contributed by atoms with E-state index in [2.05, 4.69) is 15.2 Å². The first-order valence-corrected chi connectivity index (χ1v) is 9.32. The number of aromatic nitrogens is 1. The lowest BCUT2D eigenvalue weighted by atomic mass is 10.3. The van der Waals surface area contributed by atoms with Gasteiger partial charge in [0.1, 0.15) is 5.69 Å². The number of hydrogen-bond acceptors (Lipinski definition) is 5. The molecule has 1 N–H and O–H groups in total. The Morgan fingerprint density at radius 1 is 1.26 bits per heavy atom. The first-order valence-electron chi connectivity index (χ1n) is 7.82. The van der Waals surface area contributed by atoms with Crippen molar-refractivity contribution < 1.29 is 13.2 Å². The molecule has 23 heavy (non-hydrogen) atoms. The molecule has 7 nitrogen and oxygen atoms in total. The van der Waals surface area contributed by atoms with E-state index in [1.54, 1.807) is 42.5 Å². The van der Waals surface area contributed by atoms with Crippen molar-refractivity contribution in [3.8, 4) is 0 Å². The van der Waals surface area contributed by atoms with Gasteiger partial charge in [-0.15, -0.1) is 0 Å². The van der Waals surface area contributed by atoms with Crippen molar-refractivity contribution in [2.75, 3.05) is 39.3 Å². The maximum Gasteiger partial charge on any atom is 0.269 e. The summed E-state index contributed by atoms with van der Waals surface area (Å²) in [5, 5.41) is 2.45. The highest BCUT2D eigenvalue weighted by Crippen LogP contribution is 2.11. The largest absolute Gasteiger partial charge is 0.349 e. The number of sulfonamides is 1. The molecule has 1 aromatic heterocycles. The second-order valence-corrected chi connectivity index (χ2v) is 8.29. The van der Waals surface area contributed by atoms with Crippen molar-refractivity contribution in [1.82, 2.24) is 19.5 Å². The molecule has 0 aliphatic carbocycles. The zero-order chi connectivity index (χ0) is 16.9. The number of rotatable bonds is 6. The molecule has 0 unspecified atom stereocenters. The fourth-order valence-electron chi connectivity index (χ4n) is 2.42. The van der Waals surface area contributed by atoms with E-state index < -0.39 is 10.0 Å². The summed E-state index contributed by atoms with van der Waals surface area (Å²) in [4.78, 5) is 18.0. The van der Waals surface area contributed by atoms with Gasteiger partial charge in [0.15, 0.2) is 0 Å². The highest BCUT2D eigenvalue weighted by molar-refractivity contribution is 7.89. The number of hydrogen-bond donors (Lipinski definition) is 1. The van der Waals surface area contributed by atoms with E-state index in [4.69, 9.17) is 0 Å². The molecule has 0 atom stereocenters. The second kappa shape index (κ2) is 7.85. The number of pyridine rings is 1. The Kier molecular flexibility index (Phi) is 6.09. The SMILES string of the molecule is CC(C)S(=O)(=O)N1CCN(CCNC(=O)c2ccccn2)CC1. The van der Waals surface area contributed by atoms with E-state index in [0.717, 1.165) is 0 Å². The third kappa shape index (κ3) is 4.73. The molecule has 0 radical (unpaired) electrons. The second-order valence-electron chi connectivity index (χ2n) is 5.81. The molecule has 0 aromatic carbocycles. The van der Waals surface area contributed by atoms with E-state index >= 15 is 0 Å². The van der Waals surface area contributed by atoms with Crippen LogP contribution < -0.4 is 5.32 Å². The Morgan fingerprint density at radius 2 is 1.96 bits per heavy atom. The van der Waals surface area contributed by atoms with Crippen molar-refractivity contribution in [2.45, 2.75) is 19.1 Å². The van der Waals surface area contributed by atoms with Crippen LogP contribution >= 0.6 is 0 Å². The first-order chi connectivity index (χ1) is 10.9. The van der Waals surface area contributed by atoms with Gasteiger partial charge in [-0.2, -0.15) is 4.31 Å². The summed E-state index contributed by atoms with van der Waals surface area (Å²) in [7, 11) is -3.16. The van der Waals surface area contributed by atoms with E-state index in [0.29, 0.717) is 45.0 Å². The van der Waals surface area contributed by atoms with Crippen LogP contribution in [0.15, 0.2) is 24.4 Å². The summed E-state index contributed by atoms with van der Waals surface area (Å²) in [6, 6.07) is 5.21. The third-order valence-corrected chi connectivity index (χ3v) is 6.17. The Morgan fingerprint density at radius 3 is 2.52 bits per heavy atom. The van der Waals surface area contributed by atoms with Gasteiger partial charge >= 0.3 is 0 Å². The van der Waals surface area contributed by atoms with Crippen molar-refractivity contribution in [2.24, 2.45) is 0 Å². The minimum atomic E-state index is -3.16. The lowest BCUT2D eigenvalue weighted by Gasteiger charge is -2.34. The molecule has 1 amide bonds. The quantitative estimate of drug-likeness (QED) is 0.798. The van der Waals surface area contributed by atoms with Crippen LogP contribution in [0.1, 0.15) is 24.3 Å². The van der Waals surface area contributed by atoms with Gasteiger partial charge in [-0.1, -0.05) is 6.07 Å². The fourth-order valence-corrected chi connectivity index (χ4v) is 3.69. The van der Waals surface area contributed by atoms with E-state index in [1.807, 2.05) is 0 Å². The van der Waals surface area contributed by atoms with Gasteiger partial charge in [-0.25, -0.2) is 8.42 Å². The Hall–Kier alpha value is -1.51. The van der Waals surface area contributed by atoms with Gasteiger partial charge in [0, 0.05) is 45.5 Å². The highest BCUT2D eigenvalue weighted by Gasteiger charge is 2.29. The molecule has 8 heteroatoms. The lowest BCUT2D eigenvalue weighted by molar-refractivity contribution is 0.0940. The number of piperazine rings is 1. The smallest absolute Gasteiger partial charge is 0.269 e. The molecular formula is C15H24N4O3S. The standard InChI is InChI=1S/C15H24N4O3S/c1-13(2)23(21,22)19-11-9-18(10-12-19)8-7-17-15(20)14-5-3-4-6-16-14/h3-6,13H,7-12H2,1-2H3,(H,17,20). The van der Waals surface area contributed by atoms with Crippen LogP contribution in [-0.2, 0) is 10.0 Å². The molecule has 2 rings (SSSR count). The molecule has 1 aliphatic rings. The zero-order valence-corrected chi connectivity index (χ0v) is 14.4. The van der Waals surface area contributed by atoms with Gasteiger partial charge in [0.2, 0.25) is 10.0 Å². The molecule has 0 bridgehead atoms. The molecule has 2 heterocycles. The molecule has 128 valence electrons. The monoisotopic (exact) mass is 340 g/mol. The minimum absolute atomic E-state index is 0.188. The van der Waals surface area contributed by atoms with Gasteiger partial charge in [-0.05, 0) is 26.0 Å². The maximum atomic E-state index is 12.1. The molecule has 1 fully saturated rings. The maximum absolute atomic E-state index is 12.1. The number of carbonyl (C=O) groups is 1. The van der Waals surface area contributed by atoms with Gasteiger partial charge in [0.25, 0.3) is 5.91 Å². The summed E-state index contributed by atoms with van der Waals surface area (Å²) in [6.07, 6.45) is 1.59. The highest BCUT2D eigenvalue weighted by atomic mass is 32.2. The summed E-state index contributed by atoms with van der Waals surface area (Å²) in [5.41, 5.74) is 0.403. The predicted octanol–water partition coefficient (Wildman–Crippen LogP) is 0.167. The summed E-state index contributed by atoms with van der Waals surface area (Å²) in [5.74, 6) is -0.188. The number of carbonyl (C=O) groups excluding carboxylic acids is 1. The van der Waals surface area contributed by atoms with Crippen molar-refractivity contribution in [3.05, 3.63) is 30.1 Å². The summed E-state index contributed by atoms with van der Waals surface area (Å²) >= 11 is 0. The number of nitrogens with zero attached hydrogens (tertiary/aromatic N) is 3. The average Bonchev–Trinajstić information content (AvgIpc) is 2.56. The lowest BCUT2D eigenvalue weighted by Crippen LogP contribution is -2.51. The van der Waals surface area contributed by atoms with Gasteiger partial charge in [0.05, 0.1) is 5.25 Å². The predicted molar refractivity (Wildman–Crippen MR) is 88.6 cm³/mol. The van der Waals surface area contributed by atoms with Gasteiger partial charge in [-0.3, -0.25) is 14.7 Å². The van der Waals surface area contributed by atoms with Crippen molar-refractivity contribution in [3.63, 3.8) is 0 Å². The average molecular weight is 340 g/mol. The van der Waals surface area contributed by atoms with Gasteiger partial charge < -0.3 is 5.32 Å². The van der Waals surface area contributed by atoms with E-state index in [-0.39, 0.29) is 11.2 Å². The van der Waals surface area contributed by atoms with E-state index in [9.17, 15) is 13.2 Å². The van der Waals surface area contributed by atoms with Crippen LogP contribution in [-0.4, -0.2) is 73.0 Å². The topological polar surface area (TPSA) is 82.6 Å². The summed E-state index contributed by atoms with van der Waals surface area (Å²) < 4.78 is 25.7. The molecule has 1 aromatic rings. The molecule has 0 spiro atoms. The number of amides is 1. The third-order valence-electron chi connectivity index (χ3n) is 3.90. The number of nitrogens with one attached hydrogen (secondary N) is 1. The molecule has 1 saturated heterocycles. The van der Waals surface area contributed by atoms with E-state index in [1.165, 1.54) is 0 Å².